The summed E-state index contributed by atoms with van der Waals surface area (Å²) in [6, 6.07) is 0. The summed E-state index contributed by atoms with van der Waals surface area (Å²) < 4.78 is 0. The maximum atomic E-state index is 11.5. The van der Waals surface area contributed by atoms with Crippen LogP contribution in [0.1, 0.15) is 46.5 Å². The Labute approximate surface area is 80.3 Å². The van der Waals surface area contributed by atoms with Gasteiger partial charge in [0.15, 0.2) is 0 Å². The van der Waals surface area contributed by atoms with E-state index in [9.17, 15) is 4.79 Å². The van der Waals surface area contributed by atoms with Crippen LogP contribution < -0.4 is 0 Å². The second-order valence-corrected chi connectivity index (χ2v) is 3.60. The van der Waals surface area contributed by atoms with Crippen LogP contribution in [0.5, 0.6) is 0 Å². The molecule has 0 aliphatic heterocycles. The Morgan fingerprint density at radius 1 is 1.23 bits per heavy atom. The van der Waals surface area contributed by atoms with Crippen LogP contribution in [0.4, 0.5) is 0 Å². The highest BCUT2D eigenvalue weighted by atomic mass is 17.2. The second-order valence-electron chi connectivity index (χ2n) is 3.60. The highest BCUT2D eigenvalue weighted by Gasteiger charge is 2.33. The van der Waals surface area contributed by atoms with Gasteiger partial charge >= 0.3 is 5.97 Å². The lowest BCUT2D eigenvalue weighted by atomic mass is 9.81. The van der Waals surface area contributed by atoms with E-state index in [0.717, 1.165) is 25.7 Å². The standard InChI is InChI=1S/C10H20O3/c1-5-7-10(3,8-6-2)9(11)13-12-4/h5-8H2,1-4H3. The van der Waals surface area contributed by atoms with Crippen molar-refractivity contribution in [1.29, 1.82) is 0 Å². The van der Waals surface area contributed by atoms with Crippen LogP contribution in [0, 0.1) is 5.41 Å². The normalized spacial score (nSPS) is 11.4. The highest BCUT2D eigenvalue weighted by Crippen LogP contribution is 2.30. The molecule has 0 bridgehead atoms. The van der Waals surface area contributed by atoms with Gasteiger partial charge < -0.3 is 0 Å². The summed E-state index contributed by atoms with van der Waals surface area (Å²) in [7, 11) is 1.36. The van der Waals surface area contributed by atoms with Crippen LogP contribution in [-0.4, -0.2) is 13.1 Å². The number of carbonyl (C=O) groups is 1. The molecule has 0 aromatic heterocycles. The highest BCUT2D eigenvalue weighted by molar-refractivity contribution is 5.75. The van der Waals surface area contributed by atoms with Gasteiger partial charge in [-0.15, -0.1) is 0 Å². The third-order valence-corrected chi connectivity index (χ3v) is 2.26. The fourth-order valence-corrected chi connectivity index (χ4v) is 1.61. The van der Waals surface area contributed by atoms with E-state index in [1.807, 2.05) is 6.92 Å². The summed E-state index contributed by atoms with van der Waals surface area (Å²) in [5.74, 6) is -0.251. The SMILES string of the molecule is CCCC(C)(CCC)C(=O)OOC. The van der Waals surface area contributed by atoms with Gasteiger partial charge in [-0.3, -0.25) is 4.89 Å². The molecule has 0 aliphatic carbocycles. The number of hydrogen-bond acceptors (Lipinski definition) is 3. The van der Waals surface area contributed by atoms with Crippen LogP contribution in [0.15, 0.2) is 0 Å². The van der Waals surface area contributed by atoms with Gasteiger partial charge in [0.2, 0.25) is 0 Å². The molecule has 0 unspecified atom stereocenters. The van der Waals surface area contributed by atoms with Crippen molar-refractivity contribution < 1.29 is 14.6 Å². The molecule has 3 heteroatoms. The Morgan fingerprint density at radius 3 is 2.00 bits per heavy atom. The Morgan fingerprint density at radius 2 is 1.69 bits per heavy atom. The van der Waals surface area contributed by atoms with Crippen molar-refractivity contribution in [1.82, 2.24) is 0 Å². The van der Waals surface area contributed by atoms with Crippen LogP contribution in [0.2, 0.25) is 0 Å². The van der Waals surface area contributed by atoms with Gasteiger partial charge in [-0.25, -0.2) is 4.79 Å². The van der Waals surface area contributed by atoms with Crippen LogP contribution >= 0.6 is 0 Å². The predicted molar refractivity (Wildman–Crippen MR) is 51.0 cm³/mol. The molecule has 0 heterocycles. The van der Waals surface area contributed by atoms with Crippen LogP contribution in [0.25, 0.3) is 0 Å². The number of hydrogen-bond donors (Lipinski definition) is 0. The summed E-state index contributed by atoms with van der Waals surface area (Å²) in [5, 5.41) is 0. The Kier molecular flexibility index (Phi) is 5.71. The maximum Gasteiger partial charge on any atom is 0.348 e. The Hall–Kier alpha value is -0.570. The van der Waals surface area contributed by atoms with Crippen molar-refractivity contribution >= 4 is 5.97 Å². The van der Waals surface area contributed by atoms with Crippen LogP contribution in [-0.2, 0) is 14.6 Å². The van der Waals surface area contributed by atoms with Gasteiger partial charge in [-0.1, -0.05) is 26.7 Å². The number of rotatable bonds is 6. The molecule has 0 amide bonds. The Bertz CT molecular complexity index is 148. The van der Waals surface area contributed by atoms with E-state index in [1.165, 1.54) is 7.11 Å². The lowest BCUT2D eigenvalue weighted by molar-refractivity contribution is -0.264. The van der Waals surface area contributed by atoms with Crippen LogP contribution in [0.3, 0.4) is 0 Å². The summed E-state index contributed by atoms with van der Waals surface area (Å²) in [4.78, 5) is 20.5. The van der Waals surface area contributed by atoms with E-state index in [1.54, 1.807) is 0 Å². The maximum absolute atomic E-state index is 11.5. The largest absolute Gasteiger partial charge is 0.348 e. The molecule has 0 rings (SSSR count). The first kappa shape index (κ1) is 12.4. The summed E-state index contributed by atoms with van der Waals surface area (Å²) >= 11 is 0. The molecule has 0 atom stereocenters. The lowest BCUT2D eigenvalue weighted by Crippen LogP contribution is -2.29. The second kappa shape index (κ2) is 5.97. The summed E-state index contributed by atoms with van der Waals surface area (Å²) in [5.41, 5.74) is -0.375. The fourth-order valence-electron chi connectivity index (χ4n) is 1.61. The van der Waals surface area contributed by atoms with E-state index < -0.39 is 0 Å². The zero-order valence-electron chi connectivity index (χ0n) is 9.05. The van der Waals surface area contributed by atoms with Gasteiger partial charge in [0, 0.05) is 0 Å². The molecule has 78 valence electrons. The molecule has 3 nitrogen and oxygen atoms in total. The van der Waals surface area contributed by atoms with Crippen molar-refractivity contribution in [3.8, 4) is 0 Å². The predicted octanol–water partition coefficient (Wildman–Crippen LogP) is 2.70. The Balaban J connectivity index is 4.27. The van der Waals surface area contributed by atoms with E-state index in [-0.39, 0.29) is 11.4 Å². The third kappa shape index (κ3) is 3.77. The molecular formula is C10H20O3. The first-order chi connectivity index (χ1) is 6.10. The average molecular weight is 188 g/mol. The molecule has 0 spiro atoms. The van der Waals surface area contributed by atoms with Gasteiger partial charge in [-0.05, 0) is 19.8 Å². The number of carbonyl (C=O) groups excluding carboxylic acids is 1. The minimum atomic E-state index is -0.375. The quantitative estimate of drug-likeness (QED) is 0.475. The van der Waals surface area contributed by atoms with Gasteiger partial charge in [0.25, 0.3) is 0 Å². The molecule has 0 saturated carbocycles. The zero-order valence-corrected chi connectivity index (χ0v) is 9.05. The monoisotopic (exact) mass is 188 g/mol. The van der Waals surface area contributed by atoms with Gasteiger partial charge in [0.1, 0.15) is 0 Å². The van der Waals surface area contributed by atoms with Crippen molar-refractivity contribution in [3.05, 3.63) is 0 Å². The van der Waals surface area contributed by atoms with Crippen molar-refractivity contribution in [3.63, 3.8) is 0 Å². The van der Waals surface area contributed by atoms with Crippen molar-refractivity contribution in [2.45, 2.75) is 46.5 Å². The van der Waals surface area contributed by atoms with E-state index in [4.69, 9.17) is 0 Å². The molecule has 0 N–H and O–H groups in total. The van der Waals surface area contributed by atoms with E-state index in [2.05, 4.69) is 23.6 Å². The summed E-state index contributed by atoms with van der Waals surface area (Å²) in [6.45, 7) is 6.06. The molecule has 13 heavy (non-hydrogen) atoms. The first-order valence-electron chi connectivity index (χ1n) is 4.85. The minimum absolute atomic E-state index is 0.251. The molecule has 0 aliphatic rings. The van der Waals surface area contributed by atoms with Crippen molar-refractivity contribution in [2.75, 3.05) is 7.11 Å². The molecule has 0 saturated heterocycles. The molecule has 0 fully saturated rings. The fraction of sp³-hybridized carbons (Fsp3) is 0.900. The molecule has 0 radical (unpaired) electrons. The third-order valence-electron chi connectivity index (χ3n) is 2.26. The van der Waals surface area contributed by atoms with Gasteiger partial charge in [-0.2, -0.15) is 4.89 Å². The minimum Gasteiger partial charge on any atom is -0.298 e. The molecule has 0 aromatic carbocycles. The van der Waals surface area contributed by atoms with E-state index >= 15 is 0 Å². The smallest absolute Gasteiger partial charge is 0.298 e. The molecule has 0 aromatic rings. The first-order valence-corrected chi connectivity index (χ1v) is 4.85. The zero-order chi connectivity index (χ0) is 10.3. The lowest BCUT2D eigenvalue weighted by Gasteiger charge is -2.24. The molecular weight excluding hydrogens is 168 g/mol. The van der Waals surface area contributed by atoms with Gasteiger partial charge in [0.05, 0.1) is 12.5 Å². The van der Waals surface area contributed by atoms with E-state index in [0.29, 0.717) is 0 Å². The average Bonchev–Trinajstić information content (AvgIpc) is 2.05. The van der Waals surface area contributed by atoms with Crippen molar-refractivity contribution in [2.24, 2.45) is 5.41 Å². The summed E-state index contributed by atoms with van der Waals surface area (Å²) in [6.07, 6.45) is 3.66. The topological polar surface area (TPSA) is 35.5 Å².